The van der Waals surface area contributed by atoms with E-state index in [4.69, 9.17) is 10.2 Å². The van der Waals surface area contributed by atoms with Crippen LogP contribution in [-0.4, -0.2) is 24.9 Å². The molecule has 1 saturated carbocycles. The summed E-state index contributed by atoms with van der Waals surface area (Å²) in [5.41, 5.74) is 7.31. The highest BCUT2D eigenvalue weighted by atomic mass is 16.4. The van der Waals surface area contributed by atoms with Crippen molar-refractivity contribution < 1.29 is 14.0 Å². The highest BCUT2D eigenvalue weighted by molar-refractivity contribution is 6.05. The summed E-state index contributed by atoms with van der Waals surface area (Å²) in [4.78, 5) is 26.6. The average molecular weight is 381 g/mol. The highest BCUT2D eigenvalue weighted by Gasteiger charge is 2.22. The largest absolute Gasteiger partial charge is 0.456 e. The summed E-state index contributed by atoms with van der Waals surface area (Å²) in [6.45, 7) is 1.87. The van der Waals surface area contributed by atoms with E-state index in [1.54, 1.807) is 18.2 Å². The van der Waals surface area contributed by atoms with Crippen LogP contribution in [0.15, 0.2) is 34.7 Å². The Morgan fingerprint density at radius 1 is 1.00 bits per heavy atom. The van der Waals surface area contributed by atoms with Crippen LogP contribution in [0, 0.1) is 0 Å². The van der Waals surface area contributed by atoms with Crippen LogP contribution in [0.5, 0.6) is 0 Å². The molecule has 2 aliphatic rings. The zero-order chi connectivity index (χ0) is 19.5. The van der Waals surface area contributed by atoms with Crippen molar-refractivity contribution in [2.24, 2.45) is 5.73 Å². The fourth-order valence-corrected chi connectivity index (χ4v) is 4.29. The van der Waals surface area contributed by atoms with Gasteiger partial charge in [-0.2, -0.15) is 0 Å². The first kappa shape index (κ1) is 18.6. The molecule has 0 atom stereocenters. The molecule has 1 aliphatic carbocycles. The summed E-state index contributed by atoms with van der Waals surface area (Å²) in [7, 11) is 0. The van der Waals surface area contributed by atoms with E-state index in [-0.39, 0.29) is 5.91 Å². The van der Waals surface area contributed by atoms with Gasteiger partial charge in [-0.05, 0) is 56.0 Å². The summed E-state index contributed by atoms with van der Waals surface area (Å²) in [5.74, 6) is 0.798. The number of nitrogens with zero attached hydrogens (tertiary/aromatic N) is 1. The minimum atomic E-state index is -0.513. The molecular formula is C22H27N3O3. The summed E-state index contributed by atoms with van der Waals surface area (Å²) in [6.07, 6.45) is 8.18. The molecular weight excluding hydrogens is 354 g/mol. The quantitative estimate of drug-likeness (QED) is 0.809. The topological polar surface area (TPSA) is 88.6 Å². The predicted molar refractivity (Wildman–Crippen MR) is 109 cm³/mol. The van der Waals surface area contributed by atoms with Gasteiger partial charge in [-0.25, -0.2) is 0 Å². The zero-order valence-corrected chi connectivity index (χ0v) is 16.1. The number of carbonyl (C=O) groups excluding carboxylic acids is 2. The number of nitrogens with one attached hydrogen (secondary N) is 1. The Kier molecular flexibility index (Phi) is 5.37. The second kappa shape index (κ2) is 8.09. The molecule has 1 aromatic carbocycles. The lowest BCUT2D eigenvalue weighted by Crippen LogP contribution is -2.22. The number of anilines is 2. The molecule has 2 heterocycles. The summed E-state index contributed by atoms with van der Waals surface area (Å²) < 4.78 is 5.88. The molecule has 2 aromatic rings. The van der Waals surface area contributed by atoms with Crippen LogP contribution >= 0.6 is 0 Å². The van der Waals surface area contributed by atoms with Crippen molar-refractivity contribution in [1.29, 1.82) is 0 Å². The molecule has 0 radical (unpaired) electrons. The molecule has 0 unspecified atom stereocenters. The van der Waals surface area contributed by atoms with E-state index in [2.05, 4.69) is 10.2 Å². The standard InChI is InChI=1S/C22H27N3O3/c23-21(26)16-8-9-18(25-12-4-5-13-25)17(14-16)24-22(27)20-11-10-19(28-20)15-6-2-1-3-7-15/h8-11,14-15H,1-7,12-13H2,(H2,23,26)(H,24,27). The molecule has 148 valence electrons. The highest BCUT2D eigenvalue weighted by Crippen LogP contribution is 2.34. The number of carbonyl (C=O) groups is 2. The van der Waals surface area contributed by atoms with Crippen molar-refractivity contribution >= 4 is 23.2 Å². The number of benzene rings is 1. The SMILES string of the molecule is NC(=O)c1ccc(N2CCCC2)c(NC(=O)c2ccc(C3CCCCC3)o2)c1. The fourth-order valence-electron chi connectivity index (χ4n) is 4.29. The maximum Gasteiger partial charge on any atom is 0.291 e. The van der Waals surface area contributed by atoms with E-state index in [1.807, 2.05) is 12.1 Å². The third-order valence-corrected chi connectivity index (χ3v) is 5.83. The van der Waals surface area contributed by atoms with Crippen LogP contribution in [0.4, 0.5) is 11.4 Å². The molecule has 2 amide bonds. The van der Waals surface area contributed by atoms with E-state index >= 15 is 0 Å². The lowest BCUT2D eigenvalue weighted by molar-refractivity contribution is 0.0986. The van der Waals surface area contributed by atoms with Gasteiger partial charge in [-0.15, -0.1) is 0 Å². The van der Waals surface area contributed by atoms with Gasteiger partial charge in [0.15, 0.2) is 5.76 Å². The summed E-state index contributed by atoms with van der Waals surface area (Å²) in [6, 6.07) is 8.88. The Morgan fingerprint density at radius 3 is 2.46 bits per heavy atom. The monoisotopic (exact) mass is 381 g/mol. The number of nitrogens with two attached hydrogens (primary N) is 1. The van der Waals surface area contributed by atoms with Gasteiger partial charge in [0.25, 0.3) is 5.91 Å². The predicted octanol–water partition coefficient (Wildman–Crippen LogP) is 4.28. The Labute approximate surface area is 165 Å². The maximum atomic E-state index is 12.8. The Bertz CT molecular complexity index is 862. The average Bonchev–Trinajstić information content (AvgIpc) is 3.41. The van der Waals surface area contributed by atoms with E-state index in [1.165, 1.54) is 19.3 Å². The zero-order valence-electron chi connectivity index (χ0n) is 16.1. The van der Waals surface area contributed by atoms with Crippen molar-refractivity contribution in [3.63, 3.8) is 0 Å². The van der Waals surface area contributed by atoms with Gasteiger partial charge in [0.05, 0.1) is 11.4 Å². The van der Waals surface area contributed by atoms with Crippen LogP contribution in [0.25, 0.3) is 0 Å². The lowest BCUT2D eigenvalue weighted by Gasteiger charge is -2.22. The fraction of sp³-hybridized carbons (Fsp3) is 0.455. The molecule has 1 aromatic heterocycles. The molecule has 6 heteroatoms. The molecule has 4 rings (SSSR count). The molecule has 1 saturated heterocycles. The molecule has 3 N–H and O–H groups in total. The second-order valence-corrected chi connectivity index (χ2v) is 7.78. The third kappa shape index (κ3) is 3.91. The van der Waals surface area contributed by atoms with Crippen molar-refractivity contribution in [3.8, 4) is 0 Å². The number of furan rings is 1. The molecule has 28 heavy (non-hydrogen) atoms. The van der Waals surface area contributed by atoms with Gasteiger partial charge >= 0.3 is 0 Å². The third-order valence-electron chi connectivity index (χ3n) is 5.83. The van der Waals surface area contributed by atoms with E-state index in [0.29, 0.717) is 22.9 Å². The van der Waals surface area contributed by atoms with Crippen molar-refractivity contribution in [2.75, 3.05) is 23.3 Å². The molecule has 1 aliphatic heterocycles. The van der Waals surface area contributed by atoms with Gasteiger partial charge in [0.1, 0.15) is 5.76 Å². The number of hydrogen-bond acceptors (Lipinski definition) is 4. The minimum Gasteiger partial charge on any atom is -0.456 e. The van der Waals surface area contributed by atoms with E-state index in [9.17, 15) is 9.59 Å². The van der Waals surface area contributed by atoms with Crippen LogP contribution < -0.4 is 16.0 Å². The van der Waals surface area contributed by atoms with Crippen molar-refractivity contribution in [1.82, 2.24) is 0 Å². The first-order chi connectivity index (χ1) is 13.6. The van der Waals surface area contributed by atoms with Crippen molar-refractivity contribution in [3.05, 3.63) is 47.4 Å². The van der Waals surface area contributed by atoms with Crippen LogP contribution in [-0.2, 0) is 0 Å². The van der Waals surface area contributed by atoms with Crippen LogP contribution in [0.1, 0.15) is 77.5 Å². The Morgan fingerprint density at radius 2 is 1.75 bits per heavy atom. The van der Waals surface area contributed by atoms with Gasteiger partial charge < -0.3 is 20.4 Å². The summed E-state index contributed by atoms with van der Waals surface area (Å²) >= 11 is 0. The van der Waals surface area contributed by atoms with Crippen LogP contribution in [0.3, 0.4) is 0 Å². The number of rotatable bonds is 5. The number of primary amides is 1. The Balaban J connectivity index is 1.55. The van der Waals surface area contributed by atoms with Gasteiger partial charge in [0, 0.05) is 24.6 Å². The first-order valence-corrected chi connectivity index (χ1v) is 10.2. The smallest absolute Gasteiger partial charge is 0.291 e. The first-order valence-electron chi connectivity index (χ1n) is 10.2. The number of hydrogen-bond donors (Lipinski definition) is 2. The maximum absolute atomic E-state index is 12.8. The van der Waals surface area contributed by atoms with Gasteiger partial charge in [0.2, 0.25) is 5.91 Å². The summed E-state index contributed by atoms with van der Waals surface area (Å²) in [5, 5.41) is 2.93. The molecule has 2 fully saturated rings. The van der Waals surface area contributed by atoms with E-state index in [0.717, 1.165) is 50.2 Å². The molecule has 0 spiro atoms. The lowest BCUT2D eigenvalue weighted by atomic mass is 9.88. The number of amides is 2. The van der Waals surface area contributed by atoms with Crippen LogP contribution in [0.2, 0.25) is 0 Å². The van der Waals surface area contributed by atoms with Crippen molar-refractivity contribution in [2.45, 2.75) is 50.9 Å². The van der Waals surface area contributed by atoms with E-state index < -0.39 is 5.91 Å². The molecule has 0 bridgehead atoms. The normalized spacial score (nSPS) is 17.6. The van der Waals surface area contributed by atoms with Gasteiger partial charge in [-0.3, -0.25) is 9.59 Å². The Hall–Kier alpha value is -2.76. The minimum absolute atomic E-state index is 0.302. The molecule has 6 nitrogen and oxygen atoms in total. The second-order valence-electron chi connectivity index (χ2n) is 7.78. The van der Waals surface area contributed by atoms with Gasteiger partial charge in [-0.1, -0.05) is 19.3 Å².